The van der Waals surface area contributed by atoms with E-state index in [1.807, 2.05) is 12.1 Å². The van der Waals surface area contributed by atoms with Crippen LogP contribution in [0, 0.1) is 3.77 Å². The molecule has 0 bridgehead atoms. The highest BCUT2D eigenvalue weighted by molar-refractivity contribution is 14.1. The first kappa shape index (κ1) is 14.2. The molecule has 0 atom stereocenters. The summed E-state index contributed by atoms with van der Waals surface area (Å²) in [6.45, 7) is 0.533. The van der Waals surface area contributed by atoms with Crippen LogP contribution in [0.4, 0.5) is 5.69 Å². The van der Waals surface area contributed by atoms with Gasteiger partial charge in [0.15, 0.2) is 3.77 Å². The molecular formula is C13H11ClINO3. The molecule has 6 heteroatoms. The molecule has 2 aromatic rings. The lowest BCUT2D eigenvalue weighted by Gasteiger charge is -2.07. The van der Waals surface area contributed by atoms with E-state index in [0.29, 0.717) is 17.1 Å². The largest absolute Gasteiger partial charge is 0.465 e. The van der Waals surface area contributed by atoms with Crippen LogP contribution in [0.2, 0.25) is 5.02 Å². The number of benzene rings is 1. The number of rotatable bonds is 4. The van der Waals surface area contributed by atoms with Crippen LogP contribution < -0.4 is 5.32 Å². The number of anilines is 1. The third-order valence-corrected chi connectivity index (χ3v) is 3.38. The topological polar surface area (TPSA) is 51.5 Å². The van der Waals surface area contributed by atoms with E-state index in [1.54, 1.807) is 18.2 Å². The van der Waals surface area contributed by atoms with Crippen LogP contribution in [0.3, 0.4) is 0 Å². The summed E-state index contributed by atoms with van der Waals surface area (Å²) >= 11 is 8.05. The molecule has 1 aromatic heterocycles. The van der Waals surface area contributed by atoms with Gasteiger partial charge in [-0.05, 0) is 52.9 Å². The van der Waals surface area contributed by atoms with Crippen molar-refractivity contribution in [2.75, 3.05) is 12.4 Å². The Bertz CT molecular complexity index is 597. The maximum atomic E-state index is 11.5. The molecule has 0 fully saturated rings. The minimum Gasteiger partial charge on any atom is -0.465 e. The van der Waals surface area contributed by atoms with Gasteiger partial charge in [0.25, 0.3) is 0 Å². The van der Waals surface area contributed by atoms with E-state index in [-0.39, 0.29) is 0 Å². The van der Waals surface area contributed by atoms with Crippen LogP contribution in [0.15, 0.2) is 34.7 Å². The lowest BCUT2D eigenvalue weighted by molar-refractivity contribution is 0.0601. The van der Waals surface area contributed by atoms with Crippen molar-refractivity contribution in [3.05, 3.63) is 50.4 Å². The molecule has 100 valence electrons. The van der Waals surface area contributed by atoms with E-state index in [9.17, 15) is 4.79 Å². The van der Waals surface area contributed by atoms with Crippen LogP contribution in [-0.4, -0.2) is 13.1 Å². The molecule has 0 saturated carbocycles. The molecular weight excluding hydrogens is 381 g/mol. The molecule has 0 spiro atoms. The average molecular weight is 392 g/mol. The summed E-state index contributed by atoms with van der Waals surface area (Å²) in [5.74, 6) is 0.361. The minimum atomic E-state index is -0.457. The number of esters is 1. The normalized spacial score (nSPS) is 10.3. The van der Waals surface area contributed by atoms with Crippen molar-refractivity contribution in [3.8, 4) is 0 Å². The molecule has 0 aliphatic rings. The van der Waals surface area contributed by atoms with Gasteiger partial charge in [0, 0.05) is 5.69 Å². The van der Waals surface area contributed by atoms with E-state index in [4.69, 9.17) is 16.0 Å². The monoisotopic (exact) mass is 391 g/mol. The fourth-order valence-corrected chi connectivity index (χ4v) is 2.19. The van der Waals surface area contributed by atoms with Crippen molar-refractivity contribution in [1.29, 1.82) is 0 Å². The number of nitrogens with one attached hydrogen (secondary N) is 1. The summed E-state index contributed by atoms with van der Waals surface area (Å²) in [5, 5.41) is 3.52. The third kappa shape index (κ3) is 3.63. The summed E-state index contributed by atoms with van der Waals surface area (Å²) in [6.07, 6.45) is 0. The van der Waals surface area contributed by atoms with Crippen LogP contribution >= 0.6 is 34.2 Å². The van der Waals surface area contributed by atoms with Crippen molar-refractivity contribution in [2.45, 2.75) is 6.54 Å². The molecule has 1 heterocycles. The zero-order valence-electron chi connectivity index (χ0n) is 10.1. The van der Waals surface area contributed by atoms with Crippen molar-refractivity contribution in [2.24, 2.45) is 0 Å². The predicted molar refractivity (Wildman–Crippen MR) is 81.5 cm³/mol. The molecule has 4 nitrogen and oxygen atoms in total. The Hall–Kier alpha value is -1.21. The van der Waals surface area contributed by atoms with E-state index < -0.39 is 5.97 Å². The number of halogens is 2. The lowest BCUT2D eigenvalue weighted by atomic mass is 10.2. The Morgan fingerprint density at radius 1 is 1.42 bits per heavy atom. The van der Waals surface area contributed by atoms with Gasteiger partial charge in [-0.3, -0.25) is 0 Å². The molecule has 0 aliphatic carbocycles. The Morgan fingerprint density at radius 2 is 2.21 bits per heavy atom. The number of methoxy groups -OCH3 is 1. The van der Waals surface area contributed by atoms with Crippen LogP contribution in [-0.2, 0) is 11.3 Å². The number of ether oxygens (including phenoxy) is 1. The number of hydrogen-bond acceptors (Lipinski definition) is 4. The molecule has 0 saturated heterocycles. The maximum absolute atomic E-state index is 11.5. The second-order valence-electron chi connectivity index (χ2n) is 3.75. The van der Waals surface area contributed by atoms with Gasteiger partial charge in [0.05, 0.1) is 24.2 Å². The maximum Gasteiger partial charge on any atom is 0.339 e. The van der Waals surface area contributed by atoms with Gasteiger partial charge in [0.1, 0.15) is 5.76 Å². The second kappa shape index (κ2) is 6.29. The van der Waals surface area contributed by atoms with Crippen LogP contribution in [0.25, 0.3) is 0 Å². The van der Waals surface area contributed by atoms with Crippen molar-refractivity contribution in [1.82, 2.24) is 0 Å². The van der Waals surface area contributed by atoms with Gasteiger partial charge >= 0.3 is 5.97 Å². The van der Waals surface area contributed by atoms with Crippen LogP contribution in [0.1, 0.15) is 16.1 Å². The van der Waals surface area contributed by atoms with E-state index in [1.165, 1.54) is 7.11 Å². The van der Waals surface area contributed by atoms with Crippen molar-refractivity contribution in [3.63, 3.8) is 0 Å². The van der Waals surface area contributed by atoms with E-state index in [0.717, 1.165) is 15.2 Å². The standard InChI is InChI=1S/C13H11ClINO3/c1-18-13(17)10-6-8(2-4-11(10)14)16-7-9-3-5-12(15)19-9/h2-6,16H,7H2,1H3. The van der Waals surface area contributed by atoms with Gasteiger partial charge < -0.3 is 14.5 Å². The Labute approximate surface area is 129 Å². The van der Waals surface area contributed by atoms with Gasteiger partial charge in [-0.15, -0.1) is 0 Å². The molecule has 1 N–H and O–H groups in total. The first-order chi connectivity index (χ1) is 9.10. The molecule has 2 rings (SSSR count). The smallest absolute Gasteiger partial charge is 0.339 e. The molecule has 0 unspecified atom stereocenters. The van der Waals surface area contributed by atoms with Gasteiger partial charge in [-0.25, -0.2) is 4.79 Å². The van der Waals surface area contributed by atoms with Crippen molar-refractivity contribution < 1.29 is 13.9 Å². The Kier molecular flexibility index (Phi) is 4.71. The SMILES string of the molecule is COC(=O)c1cc(NCc2ccc(I)o2)ccc1Cl. The Balaban J connectivity index is 2.10. The fourth-order valence-electron chi connectivity index (χ4n) is 1.54. The molecule has 1 aromatic carbocycles. The second-order valence-corrected chi connectivity index (χ2v) is 5.22. The number of furan rings is 1. The number of carbonyl (C=O) groups excluding carboxylic acids is 1. The minimum absolute atomic E-state index is 0.336. The highest BCUT2D eigenvalue weighted by Gasteiger charge is 2.11. The van der Waals surface area contributed by atoms with Gasteiger partial charge in [-0.1, -0.05) is 11.6 Å². The predicted octanol–water partition coefficient (Wildman–Crippen LogP) is 3.94. The fraction of sp³-hybridized carbons (Fsp3) is 0.154. The number of hydrogen-bond donors (Lipinski definition) is 1. The third-order valence-electron chi connectivity index (χ3n) is 2.47. The van der Waals surface area contributed by atoms with Crippen LogP contribution in [0.5, 0.6) is 0 Å². The zero-order chi connectivity index (χ0) is 13.8. The summed E-state index contributed by atoms with van der Waals surface area (Å²) in [5.41, 5.74) is 1.11. The summed E-state index contributed by atoms with van der Waals surface area (Å²) in [6, 6.07) is 8.89. The highest BCUT2D eigenvalue weighted by atomic mass is 127. The van der Waals surface area contributed by atoms with Gasteiger partial charge in [0.2, 0.25) is 0 Å². The first-order valence-corrected chi connectivity index (χ1v) is 6.92. The van der Waals surface area contributed by atoms with E-state index >= 15 is 0 Å². The molecule has 0 amide bonds. The summed E-state index contributed by atoms with van der Waals surface area (Å²) < 4.78 is 10.9. The molecule has 0 aliphatic heterocycles. The quantitative estimate of drug-likeness (QED) is 0.634. The highest BCUT2D eigenvalue weighted by Crippen LogP contribution is 2.22. The van der Waals surface area contributed by atoms with Crippen molar-refractivity contribution >= 4 is 45.8 Å². The van der Waals surface area contributed by atoms with Gasteiger partial charge in [-0.2, -0.15) is 0 Å². The average Bonchev–Trinajstić information content (AvgIpc) is 2.83. The Morgan fingerprint density at radius 3 is 2.84 bits per heavy atom. The van der Waals surface area contributed by atoms with E-state index in [2.05, 4.69) is 32.6 Å². The molecule has 19 heavy (non-hydrogen) atoms. The summed E-state index contributed by atoms with van der Waals surface area (Å²) in [4.78, 5) is 11.5. The number of carbonyl (C=O) groups is 1. The lowest BCUT2D eigenvalue weighted by Crippen LogP contribution is -2.04. The summed E-state index contributed by atoms with van der Waals surface area (Å²) in [7, 11) is 1.32. The zero-order valence-corrected chi connectivity index (χ0v) is 13.0. The molecule has 0 radical (unpaired) electrons. The first-order valence-electron chi connectivity index (χ1n) is 5.46.